The topological polar surface area (TPSA) is 80.1 Å². The number of amides is 2. The Hall–Kier alpha value is -2.31. The van der Waals surface area contributed by atoms with E-state index in [2.05, 4.69) is 0 Å². The number of carbonyl (C=O) groups excluding carboxylic acids is 2. The van der Waals surface area contributed by atoms with Crippen molar-refractivity contribution in [1.29, 1.82) is 0 Å². The molecule has 0 N–H and O–H groups in total. The maximum atomic E-state index is 12.9. The number of ether oxygens (including phenoxy) is 1. The molecule has 2 saturated heterocycles. The van der Waals surface area contributed by atoms with Gasteiger partial charge >= 0.3 is 0 Å². The van der Waals surface area contributed by atoms with Crippen LogP contribution in [-0.2, 0) is 4.79 Å². The normalized spacial score (nSPS) is 23.6. The molecule has 136 valence electrons. The fourth-order valence-corrected chi connectivity index (χ4v) is 3.83. The summed E-state index contributed by atoms with van der Waals surface area (Å²) in [5, 5.41) is 0. The summed E-state index contributed by atoms with van der Waals surface area (Å²) in [7, 11) is 1.37. The van der Waals surface area contributed by atoms with Crippen molar-refractivity contribution in [2.45, 2.75) is 39.2 Å². The van der Waals surface area contributed by atoms with Gasteiger partial charge in [-0.2, -0.15) is 0 Å². The lowest BCUT2D eigenvalue weighted by Crippen LogP contribution is -2.52. The smallest absolute Gasteiger partial charge is 0.289 e. The van der Waals surface area contributed by atoms with Gasteiger partial charge in [0.1, 0.15) is 6.26 Å². The lowest BCUT2D eigenvalue weighted by Gasteiger charge is -2.41. The number of methoxy groups -OCH3 is 1. The van der Waals surface area contributed by atoms with Crippen LogP contribution in [0.4, 0.5) is 0 Å². The Bertz CT molecular complexity index is 741. The predicted molar refractivity (Wildman–Crippen MR) is 90.6 cm³/mol. The summed E-state index contributed by atoms with van der Waals surface area (Å²) < 4.78 is 10.1. The molecule has 2 aliphatic heterocycles. The fraction of sp³-hybridized carbons (Fsp3) is 0.611. The summed E-state index contributed by atoms with van der Waals surface area (Å²) in [5.74, 6) is -0.178. The van der Waals surface area contributed by atoms with Crippen LogP contribution in [0.25, 0.3) is 0 Å². The van der Waals surface area contributed by atoms with Crippen molar-refractivity contribution in [3.63, 3.8) is 0 Å². The van der Waals surface area contributed by atoms with Gasteiger partial charge in [0.15, 0.2) is 5.76 Å². The second-order valence-corrected chi connectivity index (χ2v) is 7.13. The van der Waals surface area contributed by atoms with E-state index < -0.39 is 10.8 Å². The van der Waals surface area contributed by atoms with Crippen molar-refractivity contribution in [2.24, 2.45) is 5.41 Å². The van der Waals surface area contributed by atoms with Crippen molar-refractivity contribution >= 4 is 11.8 Å². The number of hydrogen-bond donors (Lipinski definition) is 0. The Balaban J connectivity index is 1.78. The molecular formula is C18H24N2O5. The zero-order valence-corrected chi connectivity index (χ0v) is 14.9. The highest BCUT2D eigenvalue weighted by molar-refractivity contribution is 5.93. The molecule has 1 spiro atoms. The molecule has 2 aliphatic rings. The third kappa shape index (κ3) is 3.03. The van der Waals surface area contributed by atoms with Crippen LogP contribution in [0.2, 0.25) is 0 Å². The Morgan fingerprint density at radius 3 is 2.68 bits per heavy atom. The van der Waals surface area contributed by atoms with Gasteiger partial charge in [-0.15, -0.1) is 0 Å². The van der Waals surface area contributed by atoms with Gasteiger partial charge in [-0.1, -0.05) is 0 Å². The largest absolute Gasteiger partial charge is 0.490 e. The standard InChI is InChI=1S/C18H24N2O5/c1-12(2)20-7-4-5-18(17(20)23)6-8-19(11-18)16(22)14-9-13(21)15(24-3)10-25-14/h9-10,12H,4-8,11H2,1-3H3. The Labute approximate surface area is 146 Å². The Kier molecular flexibility index (Phi) is 4.58. The average molecular weight is 348 g/mol. The highest BCUT2D eigenvalue weighted by Crippen LogP contribution is 2.41. The Morgan fingerprint density at radius 1 is 1.28 bits per heavy atom. The van der Waals surface area contributed by atoms with E-state index in [0.717, 1.165) is 31.7 Å². The molecular weight excluding hydrogens is 324 g/mol. The minimum Gasteiger partial charge on any atom is -0.490 e. The molecule has 7 nitrogen and oxygen atoms in total. The summed E-state index contributed by atoms with van der Waals surface area (Å²) in [6.45, 7) is 5.68. The van der Waals surface area contributed by atoms with Crippen molar-refractivity contribution in [3.8, 4) is 5.75 Å². The first-order valence-electron chi connectivity index (χ1n) is 8.65. The van der Waals surface area contributed by atoms with Crippen LogP contribution in [0.15, 0.2) is 21.5 Å². The van der Waals surface area contributed by atoms with E-state index in [1.165, 1.54) is 7.11 Å². The molecule has 3 rings (SSSR count). The molecule has 0 saturated carbocycles. The second kappa shape index (κ2) is 6.54. The second-order valence-electron chi connectivity index (χ2n) is 7.13. The van der Waals surface area contributed by atoms with Gasteiger partial charge in [-0.3, -0.25) is 14.4 Å². The van der Waals surface area contributed by atoms with Gasteiger partial charge in [0.2, 0.25) is 17.1 Å². The minimum absolute atomic E-state index is 0.0215. The molecule has 25 heavy (non-hydrogen) atoms. The first-order valence-corrected chi connectivity index (χ1v) is 8.65. The van der Waals surface area contributed by atoms with Crippen LogP contribution >= 0.6 is 0 Å². The van der Waals surface area contributed by atoms with Crippen molar-refractivity contribution in [2.75, 3.05) is 26.7 Å². The lowest BCUT2D eigenvalue weighted by molar-refractivity contribution is -0.147. The number of likely N-dealkylation sites (tertiary alicyclic amines) is 2. The van der Waals surface area contributed by atoms with Crippen LogP contribution in [0.5, 0.6) is 5.75 Å². The van der Waals surface area contributed by atoms with Gasteiger partial charge in [0.25, 0.3) is 5.91 Å². The van der Waals surface area contributed by atoms with Crippen LogP contribution in [-0.4, -0.2) is 54.4 Å². The summed E-state index contributed by atoms with van der Waals surface area (Å²) in [5.41, 5.74) is -0.893. The van der Waals surface area contributed by atoms with Crippen molar-refractivity contribution in [1.82, 2.24) is 9.80 Å². The van der Waals surface area contributed by atoms with E-state index in [0.29, 0.717) is 19.5 Å². The van der Waals surface area contributed by atoms with E-state index in [-0.39, 0.29) is 29.4 Å². The zero-order chi connectivity index (χ0) is 18.2. The van der Waals surface area contributed by atoms with Crippen molar-refractivity contribution < 1.29 is 18.7 Å². The zero-order valence-electron chi connectivity index (χ0n) is 14.9. The number of hydrogen-bond acceptors (Lipinski definition) is 5. The first-order chi connectivity index (χ1) is 11.9. The van der Waals surface area contributed by atoms with E-state index in [1.807, 2.05) is 18.7 Å². The number of carbonyl (C=O) groups is 2. The summed E-state index contributed by atoms with van der Waals surface area (Å²) >= 11 is 0. The predicted octanol–water partition coefficient (Wildman–Crippen LogP) is 1.51. The van der Waals surface area contributed by atoms with Crippen LogP contribution < -0.4 is 10.2 Å². The summed E-state index contributed by atoms with van der Waals surface area (Å²) in [4.78, 5) is 41.0. The number of nitrogens with zero attached hydrogens (tertiary/aromatic N) is 2. The van der Waals surface area contributed by atoms with Crippen LogP contribution in [0, 0.1) is 5.41 Å². The first kappa shape index (κ1) is 17.5. The molecule has 1 atom stereocenters. The quantitative estimate of drug-likeness (QED) is 0.827. The van der Waals surface area contributed by atoms with E-state index in [1.54, 1.807) is 4.90 Å². The highest BCUT2D eigenvalue weighted by Gasteiger charge is 2.50. The molecule has 0 aromatic carbocycles. The molecule has 1 unspecified atom stereocenters. The molecule has 2 amide bonds. The SMILES string of the molecule is COc1coc(C(=O)N2CCC3(CCCN(C(C)C)C3=O)C2)cc1=O. The number of piperidine rings is 1. The summed E-state index contributed by atoms with van der Waals surface area (Å²) in [6, 6.07) is 1.31. The molecule has 3 heterocycles. The van der Waals surface area contributed by atoms with E-state index >= 15 is 0 Å². The average Bonchev–Trinajstić information content (AvgIpc) is 3.01. The maximum absolute atomic E-state index is 12.9. The molecule has 0 radical (unpaired) electrons. The molecule has 2 fully saturated rings. The Morgan fingerprint density at radius 2 is 2.04 bits per heavy atom. The van der Waals surface area contributed by atoms with Gasteiger partial charge in [-0.05, 0) is 33.1 Å². The highest BCUT2D eigenvalue weighted by atomic mass is 16.5. The van der Waals surface area contributed by atoms with E-state index in [9.17, 15) is 14.4 Å². The third-order valence-corrected chi connectivity index (χ3v) is 5.26. The van der Waals surface area contributed by atoms with Crippen molar-refractivity contribution in [3.05, 3.63) is 28.3 Å². The van der Waals surface area contributed by atoms with Gasteiger partial charge in [-0.25, -0.2) is 0 Å². The maximum Gasteiger partial charge on any atom is 0.289 e. The van der Waals surface area contributed by atoms with Crippen LogP contribution in [0.3, 0.4) is 0 Å². The fourth-order valence-electron chi connectivity index (χ4n) is 3.83. The molecule has 0 aliphatic carbocycles. The van der Waals surface area contributed by atoms with Crippen LogP contribution in [0.1, 0.15) is 43.7 Å². The number of rotatable bonds is 3. The van der Waals surface area contributed by atoms with E-state index in [4.69, 9.17) is 9.15 Å². The van der Waals surface area contributed by atoms with Gasteiger partial charge < -0.3 is 19.0 Å². The minimum atomic E-state index is -0.495. The van der Waals surface area contributed by atoms with Gasteiger partial charge in [0.05, 0.1) is 12.5 Å². The molecule has 7 heteroatoms. The lowest BCUT2D eigenvalue weighted by atomic mass is 9.78. The van der Waals surface area contributed by atoms with Gasteiger partial charge in [0, 0.05) is 31.7 Å². The molecule has 1 aromatic rings. The molecule has 1 aromatic heterocycles. The monoisotopic (exact) mass is 348 g/mol. The summed E-state index contributed by atoms with van der Waals surface area (Å²) in [6.07, 6.45) is 3.55. The third-order valence-electron chi connectivity index (χ3n) is 5.26. The molecule has 0 bridgehead atoms.